The first kappa shape index (κ1) is 20.7. The van der Waals surface area contributed by atoms with Crippen LogP contribution in [0.1, 0.15) is 30.9 Å². The van der Waals surface area contributed by atoms with Gasteiger partial charge in [-0.3, -0.25) is 9.79 Å². The van der Waals surface area contributed by atoms with Crippen molar-refractivity contribution in [3.8, 4) is 5.75 Å². The standard InChI is InChI=1S/C25H23ClN3O3/c1-17(30)32-22-13-20(14-22)24-23-15-27-10-11-29(23,26)25(28-24)19-8-5-9-21(12-19)31-16-18-6-3-2-4-7-18/h2-12,15,20,22H,13-14,16H2,1H3/q+1. The molecular weight excluding hydrogens is 426 g/mol. The van der Waals surface area contributed by atoms with E-state index in [9.17, 15) is 4.79 Å². The molecule has 6 nitrogen and oxygen atoms in total. The molecule has 3 aliphatic rings. The minimum absolute atomic E-state index is 0.0598. The number of allylic oxidation sites excluding steroid dienone is 2. The molecule has 0 radical (unpaired) electrons. The van der Waals surface area contributed by atoms with Gasteiger partial charge in [-0.1, -0.05) is 36.4 Å². The van der Waals surface area contributed by atoms with Gasteiger partial charge in [-0.2, -0.15) is 4.99 Å². The molecule has 1 saturated carbocycles. The summed E-state index contributed by atoms with van der Waals surface area (Å²) < 4.78 is 11.3. The third kappa shape index (κ3) is 3.87. The molecule has 2 aromatic carbocycles. The van der Waals surface area contributed by atoms with E-state index in [1.54, 1.807) is 12.4 Å². The number of amidine groups is 1. The van der Waals surface area contributed by atoms with Crippen molar-refractivity contribution in [3.63, 3.8) is 0 Å². The molecule has 1 atom stereocenters. The molecule has 0 saturated heterocycles. The van der Waals surface area contributed by atoms with Crippen LogP contribution in [0.2, 0.25) is 0 Å². The molecule has 32 heavy (non-hydrogen) atoms. The fourth-order valence-electron chi connectivity index (χ4n) is 4.21. The maximum atomic E-state index is 11.2. The number of hydrogen-bond acceptors (Lipinski definition) is 5. The second-order valence-corrected chi connectivity index (χ2v) is 8.65. The van der Waals surface area contributed by atoms with Gasteiger partial charge in [0.2, 0.25) is 5.70 Å². The Bertz CT molecular complexity index is 1170. The van der Waals surface area contributed by atoms with E-state index in [0.29, 0.717) is 12.4 Å². The maximum Gasteiger partial charge on any atom is 0.302 e. The number of benzene rings is 2. The Kier molecular flexibility index (Phi) is 5.41. The Labute approximate surface area is 191 Å². The van der Waals surface area contributed by atoms with Gasteiger partial charge in [-0.25, -0.2) is 0 Å². The zero-order chi connectivity index (χ0) is 22.1. The lowest BCUT2D eigenvalue weighted by molar-refractivity contribution is -0.600. The highest BCUT2D eigenvalue weighted by Gasteiger charge is 2.50. The number of esters is 1. The first-order valence-electron chi connectivity index (χ1n) is 10.6. The summed E-state index contributed by atoms with van der Waals surface area (Å²) in [5, 5.41) is 0. The summed E-state index contributed by atoms with van der Waals surface area (Å²) in [4.78, 5) is 20.5. The van der Waals surface area contributed by atoms with Gasteiger partial charge >= 0.3 is 5.97 Å². The first-order valence-corrected chi connectivity index (χ1v) is 10.9. The molecule has 0 amide bonds. The molecule has 2 heterocycles. The van der Waals surface area contributed by atoms with Crippen LogP contribution in [0.25, 0.3) is 0 Å². The second-order valence-electron chi connectivity index (χ2n) is 8.12. The van der Waals surface area contributed by atoms with E-state index in [2.05, 4.69) is 4.99 Å². The summed E-state index contributed by atoms with van der Waals surface area (Å²) in [6, 6.07) is 17.9. The molecule has 7 heteroatoms. The Morgan fingerprint density at radius 1 is 1.16 bits per heavy atom. The van der Waals surface area contributed by atoms with Crippen LogP contribution in [0.15, 0.2) is 88.4 Å². The number of halogens is 1. The molecule has 2 aliphatic heterocycles. The Balaban J connectivity index is 1.39. The number of carbonyl (C=O) groups excluding carboxylic acids is 1. The van der Waals surface area contributed by atoms with Crippen molar-refractivity contribution in [2.75, 3.05) is 0 Å². The number of carbonyl (C=O) groups is 1. The monoisotopic (exact) mass is 448 g/mol. The third-order valence-electron chi connectivity index (χ3n) is 5.86. The number of ether oxygens (including phenoxy) is 2. The van der Waals surface area contributed by atoms with Crippen molar-refractivity contribution in [2.24, 2.45) is 15.9 Å². The van der Waals surface area contributed by atoms with Crippen LogP contribution in [0.5, 0.6) is 5.75 Å². The van der Waals surface area contributed by atoms with Crippen molar-refractivity contribution in [3.05, 3.63) is 89.5 Å². The normalized spacial score (nSPS) is 25.8. The number of rotatable bonds is 6. The van der Waals surface area contributed by atoms with Gasteiger partial charge in [-0.05, 0) is 36.6 Å². The first-order chi connectivity index (χ1) is 15.5. The van der Waals surface area contributed by atoms with Gasteiger partial charge in [0.15, 0.2) is 11.8 Å². The van der Waals surface area contributed by atoms with E-state index in [0.717, 1.165) is 41.1 Å². The minimum Gasteiger partial charge on any atom is -0.489 e. The Morgan fingerprint density at radius 2 is 1.97 bits per heavy atom. The summed E-state index contributed by atoms with van der Waals surface area (Å²) in [5.41, 5.74) is 3.73. The van der Waals surface area contributed by atoms with Crippen LogP contribution in [0, 0.1) is 5.92 Å². The molecular formula is C25H23ClN3O3+. The fraction of sp³-hybridized carbons (Fsp3) is 0.240. The highest BCUT2D eigenvalue weighted by molar-refractivity contribution is 6.20. The molecule has 1 unspecified atom stereocenters. The summed E-state index contributed by atoms with van der Waals surface area (Å²) >= 11 is 7.08. The lowest BCUT2D eigenvalue weighted by Crippen LogP contribution is -2.38. The number of hydrogen-bond donors (Lipinski definition) is 0. The fourth-order valence-corrected chi connectivity index (χ4v) is 4.52. The average Bonchev–Trinajstić information content (AvgIpc) is 3.08. The van der Waals surface area contributed by atoms with E-state index < -0.39 is 0 Å². The number of quaternary nitrogens is 1. The smallest absolute Gasteiger partial charge is 0.302 e. The van der Waals surface area contributed by atoms with Crippen LogP contribution >= 0.6 is 11.8 Å². The lowest BCUT2D eigenvalue weighted by atomic mass is 9.79. The molecule has 0 aromatic heterocycles. The predicted molar refractivity (Wildman–Crippen MR) is 123 cm³/mol. The van der Waals surface area contributed by atoms with Crippen molar-refractivity contribution in [1.82, 2.24) is 0 Å². The molecule has 0 spiro atoms. The predicted octanol–water partition coefficient (Wildman–Crippen LogP) is 5.11. The maximum absolute atomic E-state index is 11.2. The van der Waals surface area contributed by atoms with Crippen molar-refractivity contribution >= 4 is 29.8 Å². The van der Waals surface area contributed by atoms with E-state index in [4.69, 9.17) is 26.2 Å². The third-order valence-corrected chi connectivity index (χ3v) is 6.31. The van der Waals surface area contributed by atoms with Gasteiger partial charge in [0, 0.05) is 12.8 Å². The van der Waals surface area contributed by atoms with Gasteiger partial charge < -0.3 is 9.47 Å². The molecule has 162 valence electrons. The van der Waals surface area contributed by atoms with E-state index in [1.165, 1.54) is 6.92 Å². The number of aliphatic imine (C=N–C) groups is 2. The van der Waals surface area contributed by atoms with Gasteiger partial charge in [0.25, 0.3) is 5.84 Å². The molecule has 5 rings (SSSR count). The van der Waals surface area contributed by atoms with Crippen molar-refractivity contribution in [2.45, 2.75) is 32.5 Å². The van der Waals surface area contributed by atoms with Gasteiger partial charge in [0.1, 0.15) is 30.4 Å². The van der Waals surface area contributed by atoms with Crippen LogP contribution < -0.4 is 4.74 Å². The summed E-state index contributed by atoms with van der Waals surface area (Å²) in [6.07, 6.45) is 6.70. The van der Waals surface area contributed by atoms with E-state index in [1.807, 2.05) is 60.8 Å². The van der Waals surface area contributed by atoms with Gasteiger partial charge in [-0.15, -0.1) is 4.00 Å². The van der Waals surface area contributed by atoms with Crippen LogP contribution in [0.4, 0.5) is 0 Å². The summed E-state index contributed by atoms with van der Waals surface area (Å²) in [5.74, 6) is 1.39. The molecule has 1 aliphatic carbocycles. The Hall–Kier alpha value is -3.22. The highest BCUT2D eigenvalue weighted by atomic mass is 35.5. The minimum atomic E-state index is -0.251. The van der Waals surface area contributed by atoms with Gasteiger partial charge in [0.05, 0.1) is 18.0 Å². The average molecular weight is 449 g/mol. The molecule has 2 aromatic rings. The lowest BCUT2D eigenvalue weighted by Gasteiger charge is -2.34. The summed E-state index contributed by atoms with van der Waals surface area (Å²) in [7, 11) is 0. The quantitative estimate of drug-likeness (QED) is 0.456. The number of fused-ring (bicyclic) bond motifs is 1. The topological polar surface area (TPSA) is 60.2 Å². The van der Waals surface area contributed by atoms with E-state index in [-0.39, 0.29) is 22.0 Å². The molecule has 1 fully saturated rings. The van der Waals surface area contributed by atoms with Crippen LogP contribution in [-0.2, 0) is 16.1 Å². The van der Waals surface area contributed by atoms with Crippen molar-refractivity contribution in [1.29, 1.82) is 0 Å². The zero-order valence-corrected chi connectivity index (χ0v) is 18.4. The zero-order valence-electron chi connectivity index (χ0n) is 17.6. The highest BCUT2D eigenvalue weighted by Crippen LogP contribution is 2.46. The van der Waals surface area contributed by atoms with E-state index >= 15 is 0 Å². The SMILES string of the molecule is CC(=O)OC1CC(C2=C3C=NC=C[N+]3(Cl)C(c3cccc(OCc4ccccc4)c3)=N2)C1. The Morgan fingerprint density at radius 3 is 2.75 bits per heavy atom. The number of nitrogens with zero attached hydrogens (tertiary/aromatic N) is 3. The second kappa shape index (κ2) is 8.37. The van der Waals surface area contributed by atoms with Crippen LogP contribution in [0.3, 0.4) is 0 Å². The molecule has 0 bridgehead atoms. The largest absolute Gasteiger partial charge is 0.489 e. The molecule has 0 N–H and O–H groups in total. The summed E-state index contributed by atoms with van der Waals surface area (Å²) in [6.45, 7) is 1.92. The van der Waals surface area contributed by atoms with Crippen molar-refractivity contribution < 1.29 is 18.3 Å². The van der Waals surface area contributed by atoms with Crippen LogP contribution in [-0.4, -0.2) is 28.1 Å².